The van der Waals surface area contributed by atoms with Crippen molar-refractivity contribution in [1.82, 2.24) is 20.0 Å². The minimum absolute atomic E-state index is 0.131. The number of carbonyl (C=O) groups is 1. The largest absolute Gasteiger partial charge is 0.348 e. The lowest BCUT2D eigenvalue weighted by Gasteiger charge is -2.38. The molecule has 2 aromatic rings. The van der Waals surface area contributed by atoms with E-state index >= 15 is 0 Å². The van der Waals surface area contributed by atoms with Crippen molar-refractivity contribution in [2.75, 3.05) is 19.6 Å². The summed E-state index contributed by atoms with van der Waals surface area (Å²) >= 11 is 0. The number of aryl methyl sites for hydroxylation is 1. The summed E-state index contributed by atoms with van der Waals surface area (Å²) in [6.07, 6.45) is 6.22. The smallest absolute Gasteiger partial charge is 0.234 e. The number of nitrogens with zero attached hydrogens (tertiary/aromatic N) is 3. The average molecular weight is 324 g/mol. The van der Waals surface area contributed by atoms with Crippen LogP contribution in [0.5, 0.6) is 0 Å². The Balaban J connectivity index is 1.31. The summed E-state index contributed by atoms with van der Waals surface area (Å²) in [5.74, 6) is 0.733. The molecule has 4 rings (SSSR count). The normalized spacial score (nSPS) is 19.7. The highest BCUT2D eigenvalue weighted by molar-refractivity contribution is 5.78. The van der Waals surface area contributed by atoms with Crippen LogP contribution in [0.2, 0.25) is 0 Å². The predicted molar refractivity (Wildman–Crippen MR) is 92.5 cm³/mol. The van der Waals surface area contributed by atoms with E-state index in [1.54, 1.807) is 6.20 Å². The molecular weight excluding hydrogens is 300 g/mol. The number of hydrogen-bond donors (Lipinski definition) is 1. The molecule has 1 aromatic heterocycles. The summed E-state index contributed by atoms with van der Waals surface area (Å²) in [6, 6.07) is 11.1. The molecule has 1 amide bonds. The van der Waals surface area contributed by atoms with Crippen molar-refractivity contribution in [2.45, 2.75) is 31.8 Å². The van der Waals surface area contributed by atoms with Crippen molar-refractivity contribution in [2.24, 2.45) is 5.92 Å². The van der Waals surface area contributed by atoms with Gasteiger partial charge in [-0.2, -0.15) is 5.10 Å². The van der Waals surface area contributed by atoms with Crippen molar-refractivity contribution >= 4 is 5.91 Å². The molecule has 0 bridgehead atoms. The Kier molecular flexibility index (Phi) is 4.10. The van der Waals surface area contributed by atoms with Crippen LogP contribution >= 0.6 is 0 Å². The summed E-state index contributed by atoms with van der Waals surface area (Å²) in [5, 5.41) is 7.53. The third-order valence-corrected chi connectivity index (χ3v) is 5.05. The van der Waals surface area contributed by atoms with Crippen LogP contribution in [-0.4, -0.2) is 40.2 Å². The Labute approximate surface area is 142 Å². The SMILES string of the molecule is Cc1ccc([C@H](NC(=O)CN2CC(n3cccn3)C2)C2CC2)cc1. The van der Waals surface area contributed by atoms with E-state index in [9.17, 15) is 4.79 Å². The molecule has 1 aliphatic carbocycles. The van der Waals surface area contributed by atoms with E-state index in [4.69, 9.17) is 0 Å². The number of amides is 1. The average Bonchev–Trinajstić information content (AvgIpc) is 3.24. The molecule has 1 N–H and O–H groups in total. The number of nitrogens with one attached hydrogen (secondary N) is 1. The van der Waals surface area contributed by atoms with E-state index in [2.05, 4.69) is 46.5 Å². The fraction of sp³-hybridized carbons (Fsp3) is 0.474. The number of hydrogen-bond acceptors (Lipinski definition) is 3. The lowest BCUT2D eigenvalue weighted by molar-refractivity contribution is -0.124. The van der Waals surface area contributed by atoms with Crippen LogP contribution in [0.25, 0.3) is 0 Å². The molecule has 2 aliphatic rings. The lowest BCUT2D eigenvalue weighted by atomic mass is 10.0. The van der Waals surface area contributed by atoms with Gasteiger partial charge in [0.15, 0.2) is 0 Å². The van der Waals surface area contributed by atoms with Crippen molar-refractivity contribution in [3.63, 3.8) is 0 Å². The van der Waals surface area contributed by atoms with Crippen LogP contribution in [0, 0.1) is 12.8 Å². The number of likely N-dealkylation sites (tertiary alicyclic amines) is 1. The standard InChI is InChI=1S/C19H24N4O/c1-14-3-5-15(6-4-14)19(16-7-8-16)21-18(24)13-22-11-17(12-22)23-10-2-9-20-23/h2-6,9-10,16-17,19H,7-8,11-13H2,1H3,(H,21,24)/t19-/m0/s1. The molecule has 2 heterocycles. The maximum Gasteiger partial charge on any atom is 0.234 e. The lowest BCUT2D eigenvalue weighted by Crippen LogP contribution is -2.51. The van der Waals surface area contributed by atoms with Gasteiger partial charge in [0, 0.05) is 25.5 Å². The molecule has 24 heavy (non-hydrogen) atoms. The third kappa shape index (κ3) is 3.36. The molecule has 0 radical (unpaired) electrons. The van der Waals surface area contributed by atoms with Gasteiger partial charge in [0.25, 0.3) is 0 Å². The van der Waals surface area contributed by atoms with E-state index in [1.807, 2.05) is 16.9 Å². The molecule has 1 saturated carbocycles. The van der Waals surface area contributed by atoms with Crippen molar-refractivity contribution in [3.8, 4) is 0 Å². The highest BCUT2D eigenvalue weighted by Crippen LogP contribution is 2.41. The molecule has 126 valence electrons. The third-order valence-electron chi connectivity index (χ3n) is 5.05. The summed E-state index contributed by atoms with van der Waals surface area (Å²) in [4.78, 5) is 14.6. The first-order chi connectivity index (χ1) is 11.7. The van der Waals surface area contributed by atoms with E-state index < -0.39 is 0 Å². The summed E-state index contributed by atoms with van der Waals surface area (Å²) in [6.45, 7) is 4.36. The number of benzene rings is 1. The Morgan fingerprint density at radius 1 is 1.29 bits per heavy atom. The number of rotatable bonds is 6. The molecular formula is C19H24N4O. The van der Waals surface area contributed by atoms with Gasteiger partial charge in [0.1, 0.15) is 0 Å². The maximum atomic E-state index is 12.4. The molecule has 1 atom stereocenters. The Bertz CT molecular complexity index is 685. The van der Waals surface area contributed by atoms with Crippen molar-refractivity contribution in [3.05, 3.63) is 53.9 Å². The molecule has 5 heteroatoms. The topological polar surface area (TPSA) is 50.2 Å². The molecule has 2 fully saturated rings. The number of carbonyl (C=O) groups excluding carboxylic acids is 1. The first-order valence-corrected chi connectivity index (χ1v) is 8.76. The van der Waals surface area contributed by atoms with E-state index in [0.29, 0.717) is 18.5 Å². The van der Waals surface area contributed by atoms with Gasteiger partial charge in [0.05, 0.1) is 18.6 Å². The van der Waals surface area contributed by atoms with Crippen LogP contribution in [0.3, 0.4) is 0 Å². The summed E-state index contributed by atoms with van der Waals surface area (Å²) in [5.41, 5.74) is 2.49. The Hall–Kier alpha value is -2.14. The van der Waals surface area contributed by atoms with Gasteiger partial charge in [-0.25, -0.2) is 0 Å². The molecule has 1 aliphatic heterocycles. The zero-order valence-electron chi connectivity index (χ0n) is 14.1. The van der Waals surface area contributed by atoms with E-state index in [0.717, 1.165) is 13.1 Å². The van der Waals surface area contributed by atoms with Gasteiger partial charge in [-0.15, -0.1) is 0 Å². The number of aromatic nitrogens is 2. The maximum absolute atomic E-state index is 12.4. The van der Waals surface area contributed by atoms with Crippen LogP contribution in [-0.2, 0) is 4.79 Å². The van der Waals surface area contributed by atoms with Crippen LogP contribution < -0.4 is 5.32 Å². The molecule has 5 nitrogen and oxygen atoms in total. The highest BCUT2D eigenvalue weighted by atomic mass is 16.2. The quantitative estimate of drug-likeness (QED) is 0.887. The van der Waals surface area contributed by atoms with Crippen molar-refractivity contribution < 1.29 is 4.79 Å². The second-order valence-corrected chi connectivity index (χ2v) is 7.13. The van der Waals surface area contributed by atoms with E-state index in [-0.39, 0.29) is 11.9 Å². The highest BCUT2D eigenvalue weighted by Gasteiger charge is 2.35. The van der Waals surface area contributed by atoms with Crippen LogP contribution in [0.4, 0.5) is 0 Å². The second-order valence-electron chi connectivity index (χ2n) is 7.13. The van der Waals surface area contributed by atoms with Gasteiger partial charge in [-0.1, -0.05) is 29.8 Å². The van der Waals surface area contributed by atoms with Gasteiger partial charge in [-0.3, -0.25) is 14.4 Å². The minimum Gasteiger partial charge on any atom is -0.348 e. The molecule has 0 unspecified atom stereocenters. The summed E-state index contributed by atoms with van der Waals surface area (Å²) < 4.78 is 1.98. The Morgan fingerprint density at radius 3 is 2.67 bits per heavy atom. The minimum atomic E-state index is 0.131. The zero-order valence-corrected chi connectivity index (χ0v) is 14.1. The van der Waals surface area contributed by atoms with Crippen molar-refractivity contribution in [1.29, 1.82) is 0 Å². The molecule has 1 aromatic carbocycles. The Morgan fingerprint density at radius 2 is 2.04 bits per heavy atom. The van der Waals surface area contributed by atoms with E-state index in [1.165, 1.54) is 24.0 Å². The first kappa shape index (κ1) is 15.4. The fourth-order valence-corrected chi connectivity index (χ4v) is 3.43. The van der Waals surface area contributed by atoms with Crippen LogP contribution in [0.1, 0.15) is 36.1 Å². The van der Waals surface area contributed by atoms with Gasteiger partial charge < -0.3 is 5.32 Å². The van der Waals surface area contributed by atoms with Crippen LogP contribution in [0.15, 0.2) is 42.7 Å². The summed E-state index contributed by atoms with van der Waals surface area (Å²) in [7, 11) is 0. The monoisotopic (exact) mass is 324 g/mol. The first-order valence-electron chi connectivity index (χ1n) is 8.76. The zero-order chi connectivity index (χ0) is 16.5. The van der Waals surface area contributed by atoms with Gasteiger partial charge >= 0.3 is 0 Å². The molecule has 1 saturated heterocycles. The predicted octanol–water partition coefficient (Wildman–Crippen LogP) is 2.32. The van der Waals surface area contributed by atoms with Gasteiger partial charge in [-0.05, 0) is 37.3 Å². The second kappa shape index (κ2) is 6.40. The van der Waals surface area contributed by atoms with Gasteiger partial charge in [0.2, 0.25) is 5.91 Å². The fourth-order valence-electron chi connectivity index (χ4n) is 3.43. The molecule has 0 spiro atoms.